The molecule has 0 fully saturated rings. The van der Waals surface area contributed by atoms with Crippen LogP contribution in [0.15, 0.2) is 156 Å². The lowest BCUT2D eigenvalue weighted by atomic mass is 9.85. The Kier molecular flexibility index (Phi) is 6.51. The zero-order chi connectivity index (χ0) is 34.2. The van der Waals surface area contributed by atoms with Crippen molar-refractivity contribution in [3.8, 4) is 34.2 Å². The first-order chi connectivity index (χ1) is 25.7. The van der Waals surface area contributed by atoms with E-state index in [1.807, 2.05) is 23.5 Å². The highest BCUT2D eigenvalue weighted by atomic mass is 32.1. The van der Waals surface area contributed by atoms with Crippen molar-refractivity contribution in [2.45, 2.75) is 12.3 Å². The Morgan fingerprint density at radius 3 is 1.88 bits per heavy atom. The molecule has 1 aliphatic carbocycles. The van der Waals surface area contributed by atoms with Gasteiger partial charge in [-0.25, -0.2) is 15.0 Å². The van der Waals surface area contributed by atoms with Gasteiger partial charge in [0.15, 0.2) is 17.5 Å². The second kappa shape index (κ2) is 11.6. The summed E-state index contributed by atoms with van der Waals surface area (Å²) in [4.78, 5) is 17.1. The number of aromatic nitrogens is 3. The highest BCUT2D eigenvalue weighted by Crippen LogP contribution is 2.43. The summed E-state index contributed by atoms with van der Waals surface area (Å²) in [5, 5.41) is 8.05. The second-order valence-corrected chi connectivity index (χ2v) is 14.7. The van der Waals surface area contributed by atoms with E-state index in [2.05, 4.69) is 146 Å². The van der Waals surface area contributed by atoms with Crippen LogP contribution in [0.1, 0.15) is 21.9 Å². The number of fused-ring (bicyclic) bond motifs is 8. The summed E-state index contributed by atoms with van der Waals surface area (Å²) in [5.74, 6) is 2.07. The lowest BCUT2D eigenvalue weighted by Gasteiger charge is -2.19. The molecular formula is C47H29N3OS. The van der Waals surface area contributed by atoms with Crippen LogP contribution < -0.4 is 0 Å². The summed E-state index contributed by atoms with van der Waals surface area (Å²) >= 11 is 1.87. The van der Waals surface area contributed by atoms with Gasteiger partial charge < -0.3 is 4.42 Å². The number of hydrogen-bond acceptors (Lipinski definition) is 5. The molecule has 0 bridgehead atoms. The predicted molar refractivity (Wildman–Crippen MR) is 216 cm³/mol. The predicted octanol–water partition coefficient (Wildman–Crippen LogP) is 12.6. The molecule has 1 unspecified atom stereocenters. The van der Waals surface area contributed by atoms with Gasteiger partial charge in [0.2, 0.25) is 0 Å². The van der Waals surface area contributed by atoms with Crippen molar-refractivity contribution in [1.29, 1.82) is 0 Å². The SMILES string of the molecule is C1=CC(c2cc(-c3nc(-c4ccc5ccccc5c4)nc(-c4ccc5ccccc5c4)n3)c3c(c2)oc2ccccc23)Cc2c1sc1ccccc21. The van der Waals surface area contributed by atoms with Gasteiger partial charge in [-0.05, 0) is 87.0 Å². The number of benzene rings is 7. The molecule has 11 rings (SSSR count). The summed E-state index contributed by atoms with van der Waals surface area (Å²) in [7, 11) is 0. The molecule has 7 aromatic carbocycles. The fourth-order valence-electron chi connectivity index (χ4n) is 7.86. The Labute approximate surface area is 303 Å². The van der Waals surface area contributed by atoms with Crippen molar-refractivity contribution in [2.24, 2.45) is 0 Å². The molecule has 52 heavy (non-hydrogen) atoms. The zero-order valence-electron chi connectivity index (χ0n) is 28.0. The highest BCUT2D eigenvalue weighted by Gasteiger charge is 2.24. The molecule has 4 nitrogen and oxygen atoms in total. The normalized spacial score (nSPS) is 14.2. The molecule has 0 saturated carbocycles. The molecule has 1 aliphatic rings. The smallest absolute Gasteiger partial charge is 0.164 e. The van der Waals surface area contributed by atoms with E-state index in [4.69, 9.17) is 19.4 Å². The Hall–Kier alpha value is -6.43. The van der Waals surface area contributed by atoms with Crippen LogP contribution in [0.3, 0.4) is 0 Å². The number of allylic oxidation sites excluding steroid dienone is 1. The molecule has 0 saturated heterocycles. The lowest BCUT2D eigenvalue weighted by molar-refractivity contribution is 0.667. The molecule has 1 atom stereocenters. The first-order valence-electron chi connectivity index (χ1n) is 17.6. The van der Waals surface area contributed by atoms with E-state index in [-0.39, 0.29) is 5.92 Å². The Morgan fingerprint density at radius 1 is 0.538 bits per heavy atom. The van der Waals surface area contributed by atoms with Crippen LogP contribution in [-0.2, 0) is 6.42 Å². The number of thiophene rings is 1. The molecule has 0 N–H and O–H groups in total. The van der Waals surface area contributed by atoms with Gasteiger partial charge >= 0.3 is 0 Å². The van der Waals surface area contributed by atoms with Crippen LogP contribution in [0, 0.1) is 0 Å². The number of rotatable bonds is 4. The van der Waals surface area contributed by atoms with E-state index >= 15 is 0 Å². The van der Waals surface area contributed by atoms with Gasteiger partial charge in [0.05, 0.1) is 0 Å². The molecule has 0 radical (unpaired) electrons. The van der Waals surface area contributed by atoms with E-state index < -0.39 is 0 Å². The molecule has 0 aliphatic heterocycles. The number of hydrogen-bond donors (Lipinski definition) is 0. The maximum absolute atomic E-state index is 6.60. The molecule has 3 heterocycles. The maximum Gasteiger partial charge on any atom is 0.164 e. The van der Waals surface area contributed by atoms with E-state index in [1.165, 1.54) is 36.9 Å². The average molecular weight is 684 g/mol. The minimum Gasteiger partial charge on any atom is -0.456 e. The number of nitrogens with zero attached hydrogens (tertiary/aromatic N) is 3. The monoisotopic (exact) mass is 683 g/mol. The third kappa shape index (κ3) is 4.78. The van der Waals surface area contributed by atoms with Crippen LogP contribution in [0.25, 0.3) is 93.8 Å². The van der Waals surface area contributed by atoms with Gasteiger partial charge in [0.1, 0.15) is 11.2 Å². The van der Waals surface area contributed by atoms with Crippen LogP contribution in [0.4, 0.5) is 0 Å². The standard InChI is InChI=1S/C47H29N3OS/c1-3-11-30-23-33(19-17-28(30)9-1)45-48-46(34-20-18-29-10-2-4-12-31(29)24-34)50-47(49-45)39-26-35(27-41-44(39)37-14-5-7-15-40(37)51-41)32-21-22-43-38(25-32)36-13-6-8-16-42(36)52-43/h1-24,26-27,32H,25H2. The molecule has 0 spiro atoms. The third-order valence-corrected chi connectivity index (χ3v) is 11.6. The van der Waals surface area contributed by atoms with Crippen molar-refractivity contribution >= 4 is 71.0 Å². The average Bonchev–Trinajstić information content (AvgIpc) is 3.78. The van der Waals surface area contributed by atoms with E-state index in [9.17, 15) is 0 Å². The summed E-state index contributed by atoms with van der Waals surface area (Å²) in [6.07, 6.45) is 5.57. The first-order valence-corrected chi connectivity index (χ1v) is 18.4. The van der Waals surface area contributed by atoms with Crippen LogP contribution in [0.2, 0.25) is 0 Å². The summed E-state index contributed by atoms with van der Waals surface area (Å²) < 4.78 is 7.94. The summed E-state index contributed by atoms with van der Waals surface area (Å²) in [6, 6.07) is 51.2. The summed E-state index contributed by atoms with van der Waals surface area (Å²) in [5.41, 5.74) is 7.11. The largest absolute Gasteiger partial charge is 0.456 e. The quantitative estimate of drug-likeness (QED) is 0.185. The fraction of sp³-hybridized carbons (Fsp3) is 0.0426. The molecule has 3 aromatic heterocycles. The Balaban J connectivity index is 1.15. The first kappa shape index (κ1) is 29.3. The van der Waals surface area contributed by atoms with Crippen LogP contribution >= 0.6 is 11.3 Å². The highest BCUT2D eigenvalue weighted by molar-refractivity contribution is 7.20. The van der Waals surface area contributed by atoms with E-state index in [0.717, 1.165) is 55.8 Å². The van der Waals surface area contributed by atoms with Crippen molar-refractivity contribution < 1.29 is 4.42 Å². The molecule has 5 heteroatoms. The molecular weight excluding hydrogens is 655 g/mol. The van der Waals surface area contributed by atoms with Crippen LogP contribution in [-0.4, -0.2) is 15.0 Å². The third-order valence-electron chi connectivity index (χ3n) is 10.5. The zero-order valence-corrected chi connectivity index (χ0v) is 28.8. The van der Waals surface area contributed by atoms with Gasteiger partial charge in [-0.2, -0.15) is 0 Å². The molecule has 0 amide bonds. The van der Waals surface area contributed by atoms with Gasteiger partial charge in [0, 0.05) is 43.0 Å². The Bertz CT molecular complexity index is 2980. The molecule has 10 aromatic rings. The Morgan fingerprint density at radius 2 is 1.15 bits per heavy atom. The van der Waals surface area contributed by atoms with Crippen molar-refractivity contribution in [3.63, 3.8) is 0 Å². The summed E-state index contributed by atoms with van der Waals surface area (Å²) in [6.45, 7) is 0. The maximum atomic E-state index is 6.60. The van der Waals surface area contributed by atoms with E-state index in [1.54, 1.807) is 0 Å². The minimum absolute atomic E-state index is 0.170. The number of para-hydroxylation sites is 1. The minimum atomic E-state index is 0.170. The lowest BCUT2D eigenvalue weighted by Crippen LogP contribution is -2.05. The van der Waals surface area contributed by atoms with Crippen molar-refractivity contribution in [2.75, 3.05) is 0 Å². The van der Waals surface area contributed by atoms with Crippen molar-refractivity contribution in [3.05, 3.63) is 168 Å². The van der Waals surface area contributed by atoms with Gasteiger partial charge in [-0.15, -0.1) is 11.3 Å². The topological polar surface area (TPSA) is 51.8 Å². The van der Waals surface area contributed by atoms with Gasteiger partial charge in [-0.1, -0.05) is 115 Å². The fourth-order valence-corrected chi connectivity index (χ4v) is 9.01. The van der Waals surface area contributed by atoms with Crippen molar-refractivity contribution in [1.82, 2.24) is 15.0 Å². The second-order valence-electron chi connectivity index (χ2n) is 13.6. The van der Waals surface area contributed by atoms with Crippen LogP contribution in [0.5, 0.6) is 0 Å². The number of furan rings is 1. The van der Waals surface area contributed by atoms with E-state index in [0.29, 0.717) is 17.5 Å². The van der Waals surface area contributed by atoms with Gasteiger partial charge in [0.25, 0.3) is 0 Å². The molecule has 244 valence electrons. The van der Waals surface area contributed by atoms with Gasteiger partial charge in [-0.3, -0.25) is 0 Å².